The van der Waals surface area contributed by atoms with E-state index in [9.17, 15) is 18.8 Å². The number of hydrogen-bond acceptors (Lipinski definition) is 4. The maximum atomic E-state index is 12.6. The number of aromatic hydroxyl groups is 1. The Morgan fingerprint density at radius 1 is 1.22 bits per heavy atom. The maximum absolute atomic E-state index is 12.6. The molecule has 0 amide bonds. The Morgan fingerprint density at radius 2 is 1.91 bits per heavy atom. The molecule has 0 atom stereocenters. The molecule has 1 N–H and O–H groups in total. The second-order valence-corrected chi connectivity index (χ2v) is 7.99. The van der Waals surface area contributed by atoms with Crippen molar-refractivity contribution in [2.24, 2.45) is 0 Å². The van der Waals surface area contributed by atoms with Gasteiger partial charge >= 0.3 is 0 Å². The quantitative estimate of drug-likeness (QED) is 0.706. The fourth-order valence-corrected chi connectivity index (χ4v) is 4.05. The molecule has 0 unspecified atom stereocenters. The molecule has 0 saturated carbocycles. The van der Waals surface area contributed by atoms with Crippen molar-refractivity contribution in [1.82, 2.24) is 0 Å². The Hall–Kier alpha value is -1.52. The molecule has 0 aromatic heterocycles. The van der Waals surface area contributed by atoms with E-state index in [1.54, 1.807) is 6.07 Å². The third-order valence-corrected chi connectivity index (χ3v) is 5.87. The molecular weight excluding hydrogens is 425 g/mol. The van der Waals surface area contributed by atoms with Crippen molar-refractivity contribution in [3.8, 4) is 11.8 Å². The highest BCUT2D eigenvalue weighted by Gasteiger charge is 2.24. The van der Waals surface area contributed by atoms with Gasteiger partial charge in [0, 0.05) is 5.02 Å². The van der Waals surface area contributed by atoms with Crippen LogP contribution in [0.1, 0.15) is 5.56 Å². The number of nitriles is 1. The van der Waals surface area contributed by atoms with Crippen molar-refractivity contribution in [3.05, 3.63) is 61.4 Å². The first-order valence-corrected chi connectivity index (χ1v) is 9.09. The lowest BCUT2D eigenvalue weighted by Crippen LogP contribution is -2.04. The van der Waals surface area contributed by atoms with Crippen molar-refractivity contribution in [1.29, 1.82) is 5.26 Å². The average molecular weight is 433 g/mol. The van der Waals surface area contributed by atoms with Gasteiger partial charge in [-0.3, -0.25) is 0 Å². The van der Waals surface area contributed by atoms with Crippen LogP contribution >= 0.6 is 39.1 Å². The largest absolute Gasteiger partial charge is 0.507 e. The van der Waals surface area contributed by atoms with Crippen molar-refractivity contribution in [2.75, 3.05) is 0 Å². The molecule has 0 heterocycles. The van der Waals surface area contributed by atoms with Gasteiger partial charge in [0.25, 0.3) is 0 Å². The Morgan fingerprint density at radius 3 is 2.52 bits per heavy atom. The van der Waals surface area contributed by atoms with E-state index in [0.29, 0.717) is 10.0 Å². The van der Waals surface area contributed by atoms with Gasteiger partial charge in [0.15, 0.2) is 0 Å². The van der Waals surface area contributed by atoms with Gasteiger partial charge in [0.1, 0.15) is 16.7 Å². The van der Waals surface area contributed by atoms with Crippen LogP contribution in [0.2, 0.25) is 10.0 Å². The highest BCUT2D eigenvalue weighted by molar-refractivity contribution is 9.10. The number of sulfone groups is 1. The molecule has 0 saturated heterocycles. The Kier molecular flexibility index (Phi) is 5.37. The van der Waals surface area contributed by atoms with Gasteiger partial charge in [-0.15, -0.1) is 0 Å². The molecule has 0 spiro atoms. The predicted molar refractivity (Wildman–Crippen MR) is 93.0 cm³/mol. The number of hydrogen-bond donors (Lipinski definition) is 1. The molecule has 0 aliphatic heterocycles. The van der Waals surface area contributed by atoms with Crippen LogP contribution in [0.5, 0.6) is 5.75 Å². The van der Waals surface area contributed by atoms with Gasteiger partial charge in [-0.25, -0.2) is 8.42 Å². The minimum absolute atomic E-state index is 0.00130. The van der Waals surface area contributed by atoms with Crippen LogP contribution in [0.3, 0.4) is 0 Å². The van der Waals surface area contributed by atoms with Crippen LogP contribution in [0, 0.1) is 11.3 Å². The molecule has 0 aliphatic carbocycles. The molecular formula is C15H8BrCl2NO3S. The molecule has 2 aromatic rings. The fourth-order valence-electron chi connectivity index (χ4n) is 1.74. The first kappa shape index (κ1) is 17.8. The SMILES string of the molecule is N#C/C(=C\c1ccc(O)c(Br)c1)S(=O)(=O)c1cc(Cl)ccc1Cl. The number of phenols is 1. The van der Waals surface area contributed by atoms with Crippen LogP contribution in [-0.4, -0.2) is 13.5 Å². The van der Waals surface area contributed by atoms with Gasteiger partial charge in [-0.1, -0.05) is 29.3 Å². The molecule has 23 heavy (non-hydrogen) atoms. The highest BCUT2D eigenvalue weighted by atomic mass is 79.9. The molecule has 0 fully saturated rings. The lowest BCUT2D eigenvalue weighted by Gasteiger charge is -2.06. The number of benzene rings is 2. The van der Waals surface area contributed by atoms with Gasteiger partial charge in [0.2, 0.25) is 9.84 Å². The minimum atomic E-state index is -4.12. The monoisotopic (exact) mass is 431 g/mol. The Bertz CT molecular complexity index is 950. The zero-order valence-electron chi connectivity index (χ0n) is 11.3. The molecule has 4 nitrogen and oxygen atoms in total. The van der Waals surface area contributed by atoms with Crippen molar-refractivity contribution >= 4 is 55.0 Å². The maximum Gasteiger partial charge on any atom is 0.218 e. The molecule has 8 heteroatoms. The Labute approximate surface area is 151 Å². The summed E-state index contributed by atoms with van der Waals surface area (Å²) < 4.78 is 25.6. The zero-order chi connectivity index (χ0) is 17.2. The second kappa shape index (κ2) is 6.93. The number of halogens is 3. The molecule has 2 aromatic carbocycles. The summed E-state index contributed by atoms with van der Waals surface area (Å²) in [4.78, 5) is -0.725. The van der Waals surface area contributed by atoms with E-state index in [4.69, 9.17) is 23.2 Å². The molecule has 0 bridgehead atoms. The summed E-state index contributed by atoms with van der Waals surface area (Å²) in [7, 11) is -4.12. The number of nitrogens with zero attached hydrogens (tertiary/aromatic N) is 1. The van der Waals surface area contributed by atoms with Gasteiger partial charge in [-0.2, -0.15) is 5.26 Å². The molecule has 118 valence electrons. The lowest BCUT2D eigenvalue weighted by atomic mass is 10.2. The van der Waals surface area contributed by atoms with E-state index in [1.807, 2.05) is 0 Å². The number of allylic oxidation sites excluding steroid dienone is 1. The first-order chi connectivity index (χ1) is 10.8. The summed E-state index contributed by atoms with van der Waals surface area (Å²) >= 11 is 14.8. The average Bonchev–Trinajstić information content (AvgIpc) is 2.50. The second-order valence-electron chi connectivity index (χ2n) is 4.41. The van der Waals surface area contributed by atoms with E-state index in [2.05, 4.69) is 15.9 Å². The standard InChI is InChI=1S/C15H8BrCl2NO3S/c16-12-6-9(1-4-14(12)20)5-11(8-19)23(21,22)15-7-10(17)2-3-13(15)18/h1-7,20H/b11-5+. The van der Waals surface area contributed by atoms with E-state index in [0.717, 1.165) is 0 Å². The fraction of sp³-hybridized carbons (Fsp3) is 0. The summed E-state index contributed by atoms with van der Waals surface area (Å²) in [5.74, 6) is 0.00130. The normalized spacial score (nSPS) is 12.0. The van der Waals surface area contributed by atoms with E-state index in [-0.39, 0.29) is 20.7 Å². The summed E-state index contributed by atoms with van der Waals surface area (Å²) in [6.07, 6.45) is 1.19. The zero-order valence-corrected chi connectivity index (χ0v) is 15.2. The molecule has 0 aliphatic rings. The molecule has 2 rings (SSSR count). The van der Waals surface area contributed by atoms with Crippen molar-refractivity contribution in [3.63, 3.8) is 0 Å². The summed E-state index contributed by atoms with van der Waals surface area (Å²) in [6, 6.07) is 10.0. The third-order valence-electron chi connectivity index (χ3n) is 2.85. The summed E-state index contributed by atoms with van der Waals surface area (Å²) in [5.41, 5.74) is 0.424. The lowest BCUT2D eigenvalue weighted by molar-refractivity contribution is 0.472. The minimum Gasteiger partial charge on any atom is -0.507 e. The van der Waals surface area contributed by atoms with E-state index >= 15 is 0 Å². The summed E-state index contributed by atoms with van der Waals surface area (Å²) in [5, 5.41) is 18.9. The topological polar surface area (TPSA) is 78.2 Å². The van der Waals surface area contributed by atoms with E-state index in [1.165, 1.54) is 42.5 Å². The number of rotatable bonds is 3. The predicted octanol–water partition coefficient (Wildman–Crippen LogP) is 4.80. The summed E-state index contributed by atoms with van der Waals surface area (Å²) in [6.45, 7) is 0. The van der Waals surface area contributed by atoms with Gasteiger partial charge in [0.05, 0.1) is 14.4 Å². The van der Waals surface area contributed by atoms with Crippen LogP contribution in [0.15, 0.2) is 50.7 Å². The number of phenolic OH excluding ortho intramolecular Hbond substituents is 1. The Balaban J connectivity index is 2.59. The first-order valence-electron chi connectivity index (χ1n) is 6.06. The van der Waals surface area contributed by atoms with Gasteiger partial charge in [-0.05, 0) is 57.9 Å². The molecule has 0 radical (unpaired) electrons. The van der Waals surface area contributed by atoms with Gasteiger partial charge < -0.3 is 5.11 Å². The van der Waals surface area contributed by atoms with Crippen LogP contribution < -0.4 is 0 Å². The van der Waals surface area contributed by atoms with Crippen LogP contribution in [0.4, 0.5) is 0 Å². The van der Waals surface area contributed by atoms with Crippen molar-refractivity contribution in [2.45, 2.75) is 4.90 Å². The van der Waals surface area contributed by atoms with Crippen LogP contribution in [-0.2, 0) is 9.84 Å². The van der Waals surface area contributed by atoms with Crippen molar-refractivity contribution < 1.29 is 13.5 Å². The van der Waals surface area contributed by atoms with Crippen LogP contribution in [0.25, 0.3) is 6.08 Å². The smallest absolute Gasteiger partial charge is 0.218 e. The van der Waals surface area contributed by atoms with E-state index < -0.39 is 14.7 Å². The highest BCUT2D eigenvalue weighted by Crippen LogP contribution is 2.31. The third kappa shape index (κ3) is 3.88.